The van der Waals surface area contributed by atoms with Crippen molar-refractivity contribution in [2.24, 2.45) is 22.9 Å². The van der Waals surface area contributed by atoms with E-state index in [9.17, 15) is 9.59 Å². The molecule has 1 unspecified atom stereocenters. The summed E-state index contributed by atoms with van der Waals surface area (Å²) >= 11 is 0. The fraction of sp³-hybridized carbons (Fsp3) is 0.256. The zero-order chi connectivity index (χ0) is 36.5. The van der Waals surface area contributed by atoms with Gasteiger partial charge in [-0.05, 0) is 72.7 Å². The van der Waals surface area contributed by atoms with Crippen LogP contribution in [-0.4, -0.2) is 26.9 Å². The van der Waals surface area contributed by atoms with E-state index in [1.807, 2.05) is 85.8 Å². The third-order valence-electron chi connectivity index (χ3n) is 8.39. The number of hydrogen-bond donors (Lipinski definition) is 5. The lowest BCUT2D eigenvalue weighted by atomic mass is 9.79. The van der Waals surface area contributed by atoms with Gasteiger partial charge in [-0.3, -0.25) is 20.1 Å². The number of allylic oxidation sites excluding steroid dienone is 1. The number of urea groups is 1. The van der Waals surface area contributed by atoms with Gasteiger partial charge in [0.15, 0.2) is 0 Å². The number of pyridine rings is 1. The predicted octanol–water partition coefficient (Wildman–Crippen LogP) is 7.10. The number of carbonyl (C=O) groups excluding carboxylic acids is 2. The summed E-state index contributed by atoms with van der Waals surface area (Å²) < 4.78 is 6.28. The topological polar surface area (TPSA) is 173 Å². The molecule has 0 spiro atoms. The number of benzene rings is 3. The van der Waals surface area contributed by atoms with Crippen molar-refractivity contribution in [2.75, 3.05) is 15.6 Å². The van der Waals surface area contributed by atoms with E-state index in [4.69, 9.17) is 16.3 Å². The second-order valence-corrected chi connectivity index (χ2v) is 13.4. The lowest BCUT2D eigenvalue weighted by Crippen LogP contribution is -2.42. The minimum atomic E-state index is -0.472. The number of aromatic nitrogens is 3. The number of anilines is 4. The highest BCUT2D eigenvalue weighted by atomic mass is 16.5. The Hall–Kier alpha value is -6.01. The molecule has 0 bridgehead atoms. The molecule has 7 N–H and O–H groups in total. The molecule has 264 valence electrons. The molecular weight excluding hydrogens is 642 g/mol. The monoisotopic (exact) mass is 687 g/mol. The van der Waals surface area contributed by atoms with Gasteiger partial charge in [0.1, 0.15) is 29.8 Å². The lowest BCUT2D eigenvalue weighted by Gasteiger charge is -2.30. The van der Waals surface area contributed by atoms with Gasteiger partial charge in [-0.25, -0.2) is 20.6 Å². The molecule has 1 atom stereocenters. The molecule has 2 aromatic heterocycles. The molecule has 0 fully saturated rings. The molecule has 12 nitrogen and oxygen atoms in total. The minimum absolute atomic E-state index is 0.0220. The third-order valence-corrected chi connectivity index (χ3v) is 8.39. The Labute approximate surface area is 298 Å². The fourth-order valence-corrected chi connectivity index (χ4v) is 5.59. The van der Waals surface area contributed by atoms with E-state index < -0.39 is 11.9 Å². The number of nitrogens with two attached hydrogens (primary N) is 2. The number of ether oxygens (including phenoxy) is 1. The summed E-state index contributed by atoms with van der Waals surface area (Å²) in [4.78, 5) is 37.6. The van der Waals surface area contributed by atoms with Crippen LogP contribution in [0.15, 0.2) is 103 Å². The number of rotatable bonds is 13. The third kappa shape index (κ3) is 9.79. The van der Waals surface area contributed by atoms with Gasteiger partial charge < -0.3 is 21.1 Å². The Morgan fingerprint density at radius 1 is 0.941 bits per heavy atom. The molecule has 12 heteroatoms. The van der Waals surface area contributed by atoms with Crippen molar-refractivity contribution >= 4 is 45.7 Å². The Kier molecular flexibility index (Phi) is 11.5. The fourth-order valence-electron chi connectivity index (χ4n) is 5.59. The SMILES string of the molecule is CCC(/C=C(/NC(=O)Nc1ccc(OCc2ccnc(Nc3cnc(CC(N)=O)cn3)c2)c2ccccc12)N(N)c1ccc(C)cc1)C(C)(C)C. The number of fused-ring (bicyclic) bond motifs is 1. The van der Waals surface area contributed by atoms with Crippen molar-refractivity contribution in [1.29, 1.82) is 0 Å². The van der Waals surface area contributed by atoms with Gasteiger partial charge in [0.05, 0.1) is 35.9 Å². The van der Waals surface area contributed by atoms with E-state index in [2.05, 4.69) is 58.6 Å². The van der Waals surface area contributed by atoms with Crippen LogP contribution in [0.2, 0.25) is 0 Å². The first kappa shape index (κ1) is 36.3. The van der Waals surface area contributed by atoms with E-state index in [0.29, 0.717) is 34.6 Å². The zero-order valence-electron chi connectivity index (χ0n) is 29.6. The van der Waals surface area contributed by atoms with Gasteiger partial charge >= 0.3 is 6.03 Å². The summed E-state index contributed by atoms with van der Waals surface area (Å²) in [5, 5.41) is 12.3. The molecule has 0 saturated carbocycles. The van der Waals surface area contributed by atoms with Crippen LogP contribution in [0.4, 0.5) is 27.8 Å². The lowest BCUT2D eigenvalue weighted by molar-refractivity contribution is -0.117. The summed E-state index contributed by atoms with van der Waals surface area (Å²) in [5.41, 5.74) is 9.04. The Bertz CT molecular complexity index is 2010. The van der Waals surface area contributed by atoms with Gasteiger partial charge in [-0.15, -0.1) is 0 Å². The van der Waals surface area contributed by atoms with Gasteiger partial charge in [-0.1, -0.05) is 69.7 Å². The van der Waals surface area contributed by atoms with Crippen LogP contribution < -0.4 is 37.3 Å². The first-order valence-corrected chi connectivity index (χ1v) is 16.8. The number of hydrazine groups is 1. The molecule has 0 radical (unpaired) electrons. The number of nitrogens with zero attached hydrogens (tertiary/aromatic N) is 4. The molecular formula is C39H45N9O3. The smallest absolute Gasteiger partial charge is 0.324 e. The van der Waals surface area contributed by atoms with Crippen LogP contribution in [0.3, 0.4) is 0 Å². The summed E-state index contributed by atoms with van der Waals surface area (Å²) in [5.74, 6) is 8.47. The molecule has 2 heterocycles. The summed E-state index contributed by atoms with van der Waals surface area (Å²) in [6.45, 7) is 10.9. The Morgan fingerprint density at radius 3 is 2.35 bits per heavy atom. The molecule has 5 rings (SSSR count). The molecule has 3 aromatic carbocycles. The average molecular weight is 688 g/mol. The summed E-state index contributed by atoms with van der Waals surface area (Å²) in [7, 11) is 0. The standard InChI is InChI=1S/C39H45N9O3/c1-6-27(39(3,4)5)20-37(48(41)29-13-11-25(2)12-14-29)47-38(50)45-32-15-16-33(31-10-8-7-9-30(31)32)51-24-26-17-18-42-35(19-26)46-36-23-43-28(22-44-36)21-34(40)49/h7-20,22-23,27H,6,21,24,41H2,1-5H3,(H2,40,49)(H,42,44,46)(H2,45,47,50)/b37-20-. The highest BCUT2D eigenvalue weighted by Crippen LogP contribution is 2.33. The van der Waals surface area contributed by atoms with E-state index in [1.54, 1.807) is 6.20 Å². The number of amides is 3. The predicted molar refractivity (Wildman–Crippen MR) is 202 cm³/mol. The maximum absolute atomic E-state index is 13.6. The second kappa shape index (κ2) is 16.1. The van der Waals surface area contributed by atoms with E-state index in [1.165, 1.54) is 17.4 Å². The second-order valence-electron chi connectivity index (χ2n) is 13.4. The van der Waals surface area contributed by atoms with Crippen molar-refractivity contribution in [1.82, 2.24) is 20.3 Å². The van der Waals surface area contributed by atoms with Crippen molar-refractivity contribution in [2.45, 2.75) is 54.1 Å². The Balaban J connectivity index is 1.30. The molecule has 0 aliphatic heterocycles. The van der Waals surface area contributed by atoms with Crippen molar-refractivity contribution in [3.05, 3.63) is 120 Å². The summed E-state index contributed by atoms with van der Waals surface area (Å²) in [6.07, 6.45) is 7.62. The zero-order valence-corrected chi connectivity index (χ0v) is 29.6. The van der Waals surface area contributed by atoms with Gasteiger partial charge in [0.2, 0.25) is 5.91 Å². The van der Waals surface area contributed by atoms with Gasteiger partial charge in [0, 0.05) is 17.0 Å². The number of carbonyl (C=O) groups is 2. The molecule has 0 aliphatic rings. The average Bonchev–Trinajstić information content (AvgIpc) is 3.10. The van der Waals surface area contributed by atoms with Crippen LogP contribution in [0, 0.1) is 18.3 Å². The first-order valence-electron chi connectivity index (χ1n) is 16.8. The molecule has 0 aliphatic carbocycles. The molecule has 0 saturated heterocycles. The van der Waals surface area contributed by atoms with Gasteiger partial charge in [0.25, 0.3) is 0 Å². The van der Waals surface area contributed by atoms with Gasteiger partial charge in [-0.2, -0.15) is 0 Å². The van der Waals surface area contributed by atoms with E-state index in [-0.39, 0.29) is 24.4 Å². The molecule has 51 heavy (non-hydrogen) atoms. The maximum Gasteiger partial charge on any atom is 0.324 e. The van der Waals surface area contributed by atoms with Crippen molar-refractivity contribution in [3.63, 3.8) is 0 Å². The van der Waals surface area contributed by atoms with Crippen molar-refractivity contribution < 1.29 is 14.3 Å². The number of primary amides is 1. The van der Waals surface area contributed by atoms with Crippen LogP contribution in [0.5, 0.6) is 5.75 Å². The normalized spacial score (nSPS) is 12.2. The molecule has 5 aromatic rings. The highest BCUT2D eigenvalue weighted by Gasteiger charge is 2.24. The van der Waals surface area contributed by atoms with Crippen LogP contribution in [-0.2, 0) is 17.8 Å². The first-order chi connectivity index (χ1) is 24.4. The Morgan fingerprint density at radius 2 is 1.69 bits per heavy atom. The van der Waals surface area contributed by atoms with Crippen molar-refractivity contribution in [3.8, 4) is 5.75 Å². The van der Waals surface area contributed by atoms with E-state index >= 15 is 0 Å². The largest absolute Gasteiger partial charge is 0.488 e. The minimum Gasteiger partial charge on any atom is -0.488 e. The van der Waals surface area contributed by atoms with Crippen LogP contribution in [0.25, 0.3) is 10.8 Å². The number of hydrogen-bond acceptors (Lipinski definition) is 9. The van der Waals surface area contributed by atoms with E-state index in [0.717, 1.165) is 34.0 Å². The molecule has 3 amide bonds. The highest BCUT2D eigenvalue weighted by molar-refractivity contribution is 6.04. The summed E-state index contributed by atoms with van der Waals surface area (Å²) in [6, 6.07) is 22.5. The number of aryl methyl sites for hydroxylation is 1. The van der Waals surface area contributed by atoms with Crippen LogP contribution >= 0.6 is 0 Å². The maximum atomic E-state index is 13.6. The van der Waals surface area contributed by atoms with Crippen LogP contribution in [0.1, 0.15) is 50.9 Å². The quantitative estimate of drug-likeness (QED) is 0.0639. The number of nitrogens with one attached hydrogen (secondary N) is 3.